The van der Waals surface area contributed by atoms with Crippen molar-refractivity contribution in [2.75, 3.05) is 6.54 Å². The number of hydrogen-bond donors (Lipinski definition) is 1. The van der Waals surface area contributed by atoms with Crippen molar-refractivity contribution < 1.29 is 14.0 Å². The van der Waals surface area contributed by atoms with Gasteiger partial charge in [0.25, 0.3) is 5.91 Å². The van der Waals surface area contributed by atoms with E-state index >= 15 is 0 Å². The van der Waals surface area contributed by atoms with Gasteiger partial charge in [-0.1, -0.05) is 65.8 Å². The first kappa shape index (κ1) is 18.0. The van der Waals surface area contributed by atoms with Gasteiger partial charge >= 0.3 is 0 Å². The molecule has 1 aliphatic heterocycles. The second-order valence-corrected chi connectivity index (χ2v) is 6.76. The second kappa shape index (κ2) is 8.57. The van der Waals surface area contributed by atoms with E-state index in [1.54, 1.807) is 6.26 Å². The third-order valence-electron chi connectivity index (χ3n) is 4.83. The van der Waals surface area contributed by atoms with Crippen LogP contribution in [0.3, 0.4) is 0 Å². The maximum atomic E-state index is 12.5. The molecule has 4 rings (SSSR count). The zero-order valence-electron chi connectivity index (χ0n) is 15.5. The average Bonchev–Trinajstić information content (AvgIpc) is 3.42. The van der Waals surface area contributed by atoms with Gasteiger partial charge in [0, 0.05) is 19.4 Å². The van der Waals surface area contributed by atoms with E-state index in [9.17, 15) is 4.79 Å². The van der Waals surface area contributed by atoms with E-state index in [1.165, 1.54) is 0 Å². The molecule has 0 saturated heterocycles. The highest BCUT2D eigenvalue weighted by atomic mass is 16.6. The third kappa shape index (κ3) is 4.14. The van der Waals surface area contributed by atoms with E-state index in [1.807, 2.05) is 48.5 Å². The highest BCUT2D eigenvalue weighted by molar-refractivity contribution is 5.98. The normalized spacial score (nSPS) is 15.9. The maximum absolute atomic E-state index is 12.5. The molecule has 0 fully saturated rings. The SMILES string of the molecule is O=C(NCCc1ccco1)[C@@H]1CC(C(c2ccccc2)c2ccccc2)=NO1. The first-order valence-electron chi connectivity index (χ1n) is 9.44. The number of oxime groups is 1. The smallest absolute Gasteiger partial charge is 0.264 e. The molecule has 5 nitrogen and oxygen atoms in total. The molecule has 5 heteroatoms. The molecule has 28 heavy (non-hydrogen) atoms. The molecule has 2 heterocycles. The minimum Gasteiger partial charge on any atom is -0.469 e. The molecule has 1 atom stereocenters. The van der Waals surface area contributed by atoms with E-state index in [-0.39, 0.29) is 11.8 Å². The Labute approximate surface area is 164 Å². The lowest BCUT2D eigenvalue weighted by atomic mass is 9.85. The lowest BCUT2D eigenvalue weighted by Crippen LogP contribution is -2.36. The van der Waals surface area contributed by atoms with Gasteiger partial charge in [-0.15, -0.1) is 0 Å². The van der Waals surface area contributed by atoms with Gasteiger partial charge in [-0.05, 0) is 23.3 Å². The van der Waals surface area contributed by atoms with Crippen LogP contribution in [-0.4, -0.2) is 24.3 Å². The van der Waals surface area contributed by atoms with Crippen molar-refractivity contribution in [3.63, 3.8) is 0 Å². The van der Waals surface area contributed by atoms with Crippen LogP contribution < -0.4 is 5.32 Å². The van der Waals surface area contributed by atoms with Gasteiger partial charge < -0.3 is 14.6 Å². The predicted octanol–water partition coefficient (Wildman–Crippen LogP) is 3.92. The Morgan fingerprint density at radius 1 is 1.00 bits per heavy atom. The largest absolute Gasteiger partial charge is 0.469 e. The fourth-order valence-corrected chi connectivity index (χ4v) is 3.45. The van der Waals surface area contributed by atoms with Crippen LogP contribution >= 0.6 is 0 Å². The lowest BCUT2D eigenvalue weighted by Gasteiger charge is -2.17. The Morgan fingerprint density at radius 2 is 1.68 bits per heavy atom. The van der Waals surface area contributed by atoms with E-state index in [4.69, 9.17) is 9.25 Å². The number of furan rings is 1. The fraction of sp³-hybridized carbons (Fsp3) is 0.217. The summed E-state index contributed by atoms with van der Waals surface area (Å²) in [5.74, 6) is 0.672. The zero-order valence-corrected chi connectivity index (χ0v) is 15.5. The number of rotatable bonds is 7. The molecule has 142 valence electrons. The van der Waals surface area contributed by atoms with Crippen LogP contribution in [0.15, 0.2) is 88.6 Å². The molecular weight excluding hydrogens is 352 g/mol. The Balaban J connectivity index is 1.42. The molecule has 2 aromatic carbocycles. The van der Waals surface area contributed by atoms with E-state index in [2.05, 4.69) is 34.7 Å². The number of nitrogens with one attached hydrogen (secondary N) is 1. The van der Waals surface area contributed by atoms with Gasteiger partial charge in [0.2, 0.25) is 6.10 Å². The summed E-state index contributed by atoms with van der Waals surface area (Å²) in [6, 6.07) is 24.1. The van der Waals surface area contributed by atoms with Crippen molar-refractivity contribution in [2.45, 2.75) is 24.9 Å². The lowest BCUT2D eigenvalue weighted by molar-refractivity contribution is -0.131. The highest BCUT2D eigenvalue weighted by Crippen LogP contribution is 2.31. The first-order valence-corrected chi connectivity index (χ1v) is 9.44. The van der Waals surface area contributed by atoms with Crippen LogP contribution in [0.1, 0.15) is 29.2 Å². The summed E-state index contributed by atoms with van der Waals surface area (Å²) in [5.41, 5.74) is 3.13. The molecular formula is C23H22N2O3. The minimum absolute atomic E-state index is 0.0247. The van der Waals surface area contributed by atoms with Crippen LogP contribution in [0, 0.1) is 0 Å². The quantitative estimate of drug-likeness (QED) is 0.682. The predicted molar refractivity (Wildman–Crippen MR) is 107 cm³/mol. The number of carbonyl (C=O) groups is 1. The average molecular weight is 374 g/mol. The van der Waals surface area contributed by atoms with Gasteiger partial charge in [0.05, 0.1) is 17.9 Å². The van der Waals surface area contributed by atoms with Crippen LogP contribution in [0.5, 0.6) is 0 Å². The van der Waals surface area contributed by atoms with Gasteiger partial charge in [0.15, 0.2) is 0 Å². The Kier molecular flexibility index (Phi) is 5.52. The maximum Gasteiger partial charge on any atom is 0.264 e. The summed E-state index contributed by atoms with van der Waals surface area (Å²) in [6.45, 7) is 0.502. The van der Waals surface area contributed by atoms with Gasteiger partial charge in [-0.3, -0.25) is 4.79 Å². The van der Waals surface area contributed by atoms with E-state index in [0.717, 1.165) is 22.6 Å². The van der Waals surface area contributed by atoms with Gasteiger partial charge in [0.1, 0.15) is 5.76 Å². The third-order valence-corrected chi connectivity index (χ3v) is 4.83. The first-order chi connectivity index (χ1) is 13.8. The molecule has 0 saturated carbocycles. The molecule has 0 radical (unpaired) electrons. The van der Waals surface area contributed by atoms with Crippen molar-refractivity contribution >= 4 is 11.6 Å². The number of nitrogens with zero attached hydrogens (tertiary/aromatic N) is 1. The van der Waals surface area contributed by atoms with Crippen LogP contribution in [0.25, 0.3) is 0 Å². The molecule has 0 aliphatic carbocycles. The van der Waals surface area contributed by atoms with Crippen molar-refractivity contribution in [1.29, 1.82) is 0 Å². The van der Waals surface area contributed by atoms with Crippen molar-refractivity contribution in [3.05, 3.63) is 95.9 Å². The summed E-state index contributed by atoms with van der Waals surface area (Å²) in [5, 5.41) is 7.19. The summed E-state index contributed by atoms with van der Waals surface area (Å²) in [4.78, 5) is 18.0. The fourth-order valence-electron chi connectivity index (χ4n) is 3.45. The topological polar surface area (TPSA) is 63.8 Å². The van der Waals surface area contributed by atoms with Crippen molar-refractivity contribution in [2.24, 2.45) is 5.16 Å². The molecule has 1 aliphatic rings. The van der Waals surface area contributed by atoms with Crippen molar-refractivity contribution in [3.8, 4) is 0 Å². The standard InChI is InChI=1S/C23H22N2O3/c26-23(24-14-13-19-12-7-15-27-19)21-16-20(25-28-21)22(17-8-3-1-4-9-17)18-10-5-2-6-11-18/h1-12,15,21-22H,13-14,16H2,(H,24,26)/t21-/m0/s1. The number of amides is 1. The van der Waals surface area contributed by atoms with Gasteiger partial charge in [-0.2, -0.15) is 0 Å². The minimum atomic E-state index is -0.596. The molecule has 1 aromatic heterocycles. The van der Waals surface area contributed by atoms with E-state index in [0.29, 0.717) is 19.4 Å². The van der Waals surface area contributed by atoms with Crippen LogP contribution in [0.2, 0.25) is 0 Å². The highest BCUT2D eigenvalue weighted by Gasteiger charge is 2.33. The molecule has 0 spiro atoms. The molecule has 3 aromatic rings. The Hall–Kier alpha value is -3.34. The van der Waals surface area contributed by atoms with Gasteiger partial charge in [-0.25, -0.2) is 0 Å². The number of hydrogen-bond acceptors (Lipinski definition) is 4. The summed E-state index contributed by atoms with van der Waals surface area (Å²) < 4.78 is 5.28. The summed E-state index contributed by atoms with van der Waals surface area (Å²) in [7, 11) is 0. The molecule has 1 N–H and O–H groups in total. The number of benzene rings is 2. The summed E-state index contributed by atoms with van der Waals surface area (Å²) in [6.07, 6.45) is 2.16. The molecule has 0 unspecified atom stereocenters. The van der Waals surface area contributed by atoms with Crippen LogP contribution in [-0.2, 0) is 16.1 Å². The zero-order chi connectivity index (χ0) is 19.2. The van der Waals surface area contributed by atoms with Crippen LogP contribution in [0.4, 0.5) is 0 Å². The summed E-state index contributed by atoms with van der Waals surface area (Å²) >= 11 is 0. The monoisotopic (exact) mass is 374 g/mol. The number of carbonyl (C=O) groups excluding carboxylic acids is 1. The Morgan fingerprint density at radius 3 is 2.29 bits per heavy atom. The molecule has 1 amide bonds. The molecule has 0 bridgehead atoms. The second-order valence-electron chi connectivity index (χ2n) is 6.76. The van der Waals surface area contributed by atoms with Crippen molar-refractivity contribution in [1.82, 2.24) is 5.32 Å². The van der Waals surface area contributed by atoms with E-state index < -0.39 is 6.10 Å². The Bertz CT molecular complexity index is 882.